The second kappa shape index (κ2) is 10.1. The number of amides is 2. The molecule has 2 heterocycles. The smallest absolute Gasteiger partial charge is 0.410 e. The minimum Gasteiger partial charge on any atom is -0.505 e. The van der Waals surface area contributed by atoms with Crippen molar-refractivity contribution >= 4 is 23.0 Å². The van der Waals surface area contributed by atoms with Gasteiger partial charge in [0.2, 0.25) is 0 Å². The zero-order valence-corrected chi connectivity index (χ0v) is 18.2. The number of hydrogen-bond acceptors (Lipinski definition) is 7. The summed E-state index contributed by atoms with van der Waals surface area (Å²) >= 11 is 0. The molecule has 0 atom stereocenters. The average Bonchev–Trinajstić information content (AvgIpc) is 2.80. The van der Waals surface area contributed by atoms with Crippen molar-refractivity contribution in [2.24, 2.45) is 5.73 Å². The predicted octanol–water partition coefficient (Wildman–Crippen LogP) is 1.18. The van der Waals surface area contributed by atoms with Gasteiger partial charge < -0.3 is 24.6 Å². The van der Waals surface area contributed by atoms with Crippen LogP contribution in [-0.2, 0) is 17.7 Å². The molecule has 1 aromatic carbocycles. The van der Waals surface area contributed by atoms with Gasteiger partial charge >= 0.3 is 6.09 Å². The number of pyridine rings is 2. The molecule has 0 aliphatic rings. The van der Waals surface area contributed by atoms with Crippen molar-refractivity contribution in [1.82, 2.24) is 19.8 Å². The van der Waals surface area contributed by atoms with Gasteiger partial charge in [-0.3, -0.25) is 20.3 Å². The molecule has 3 rings (SSSR count). The summed E-state index contributed by atoms with van der Waals surface area (Å²) in [6.07, 6.45) is 1.24. The summed E-state index contributed by atoms with van der Waals surface area (Å²) in [6, 6.07) is 7.63. The molecule has 2 amide bonds. The topological polar surface area (TPSA) is 140 Å². The van der Waals surface area contributed by atoms with Crippen LogP contribution in [0.1, 0.15) is 21.5 Å². The summed E-state index contributed by atoms with van der Waals surface area (Å²) in [5.41, 5.74) is 5.90. The fourth-order valence-corrected chi connectivity index (χ4v) is 3.36. The number of likely N-dealkylation sites (N-methyl/N-ethyl adjacent to an activating group) is 1. The second-order valence-electron chi connectivity index (χ2n) is 7.27. The van der Waals surface area contributed by atoms with Gasteiger partial charge in [0.25, 0.3) is 11.5 Å². The number of carbonyl (C=O) groups is 2. The fraction of sp³-hybridized carbons (Fsp3) is 0.273. The number of nitrogens with two attached hydrogens (primary N) is 1. The van der Waals surface area contributed by atoms with Gasteiger partial charge in [0.1, 0.15) is 23.6 Å². The van der Waals surface area contributed by atoms with E-state index in [2.05, 4.69) is 10.3 Å². The van der Waals surface area contributed by atoms with Crippen LogP contribution in [0.2, 0.25) is 0 Å². The molecule has 0 unspecified atom stereocenters. The first-order chi connectivity index (χ1) is 15.8. The zero-order chi connectivity index (χ0) is 24.1. The molecule has 0 saturated carbocycles. The normalized spacial score (nSPS) is 10.8. The molecule has 0 bridgehead atoms. The number of benzene rings is 1. The molecule has 174 valence electrons. The quantitative estimate of drug-likeness (QED) is 0.453. The molecule has 10 nitrogen and oxygen atoms in total. The zero-order valence-electron chi connectivity index (χ0n) is 18.2. The molecule has 0 spiro atoms. The number of nitrogens with zero attached hydrogens (tertiary/aromatic N) is 3. The Balaban J connectivity index is 2.08. The Morgan fingerprint density at radius 2 is 1.97 bits per heavy atom. The van der Waals surface area contributed by atoms with Crippen LogP contribution >= 0.6 is 0 Å². The number of nitrogens with one attached hydrogen (secondary N) is 1. The Morgan fingerprint density at radius 1 is 1.27 bits per heavy atom. The van der Waals surface area contributed by atoms with E-state index in [1.807, 2.05) is 0 Å². The molecular weight excluding hydrogens is 433 g/mol. The lowest BCUT2D eigenvalue weighted by Crippen LogP contribution is -2.36. The van der Waals surface area contributed by atoms with Gasteiger partial charge in [0, 0.05) is 33.4 Å². The average molecular weight is 457 g/mol. The Bertz CT molecular complexity index is 1240. The van der Waals surface area contributed by atoms with E-state index in [0.717, 1.165) is 5.56 Å². The molecule has 0 saturated heterocycles. The minimum absolute atomic E-state index is 0.00252. The number of aromatic hydroxyl groups is 1. The largest absolute Gasteiger partial charge is 0.505 e. The highest BCUT2D eigenvalue weighted by atomic mass is 19.1. The molecule has 0 fully saturated rings. The third kappa shape index (κ3) is 5.09. The third-order valence-electron chi connectivity index (χ3n) is 5.09. The van der Waals surface area contributed by atoms with Crippen molar-refractivity contribution in [3.63, 3.8) is 0 Å². The van der Waals surface area contributed by atoms with Gasteiger partial charge in [-0.2, -0.15) is 0 Å². The maximum Gasteiger partial charge on any atom is 0.410 e. The van der Waals surface area contributed by atoms with E-state index in [-0.39, 0.29) is 36.7 Å². The van der Waals surface area contributed by atoms with Crippen LogP contribution in [0.15, 0.2) is 41.3 Å². The number of rotatable bonds is 7. The van der Waals surface area contributed by atoms with Crippen LogP contribution < -0.4 is 16.6 Å². The predicted molar refractivity (Wildman–Crippen MR) is 118 cm³/mol. The second-order valence-corrected chi connectivity index (χ2v) is 7.27. The lowest BCUT2D eigenvalue weighted by molar-refractivity contribution is 0.0957. The van der Waals surface area contributed by atoms with E-state index in [1.165, 1.54) is 41.9 Å². The number of halogens is 1. The Kier molecular flexibility index (Phi) is 7.23. The summed E-state index contributed by atoms with van der Waals surface area (Å²) < 4.78 is 19.2. The molecule has 3 aromatic rings. The van der Waals surface area contributed by atoms with E-state index in [1.54, 1.807) is 18.2 Å². The molecule has 4 N–H and O–H groups in total. The molecule has 0 radical (unpaired) electrons. The highest BCUT2D eigenvalue weighted by Crippen LogP contribution is 2.26. The van der Waals surface area contributed by atoms with Crippen molar-refractivity contribution in [2.45, 2.75) is 13.0 Å². The first-order valence-corrected chi connectivity index (χ1v) is 10.1. The Hall–Kier alpha value is -3.99. The lowest BCUT2D eigenvalue weighted by Gasteiger charge is -2.19. The van der Waals surface area contributed by atoms with Crippen LogP contribution in [-0.4, -0.2) is 58.9 Å². The maximum absolute atomic E-state index is 13.2. The number of fused-ring (bicyclic) bond motifs is 1. The monoisotopic (exact) mass is 457 g/mol. The summed E-state index contributed by atoms with van der Waals surface area (Å²) in [5.74, 6) is -1.65. The maximum atomic E-state index is 13.2. The molecule has 2 aromatic heterocycles. The van der Waals surface area contributed by atoms with Gasteiger partial charge in [-0.25, -0.2) is 9.18 Å². The summed E-state index contributed by atoms with van der Waals surface area (Å²) in [5, 5.41) is 13.0. The van der Waals surface area contributed by atoms with Gasteiger partial charge in [0.15, 0.2) is 5.75 Å². The van der Waals surface area contributed by atoms with Gasteiger partial charge in [0.05, 0.1) is 5.52 Å². The number of aromatic nitrogens is 2. The van der Waals surface area contributed by atoms with Crippen molar-refractivity contribution in [3.8, 4) is 5.75 Å². The Labute approximate surface area is 188 Å². The summed E-state index contributed by atoms with van der Waals surface area (Å²) in [6.45, 7) is -0.228. The fourth-order valence-electron chi connectivity index (χ4n) is 3.36. The van der Waals surface area contributed by atoms with Crippen LogP contribution in [0.25, 0.3) is 11.0 Å². The first-order valence-electron chi connectivity index (χ1n) is 10.1. The van der Waals surface area contributed by atoms with Crippen molar-refractivity contribution < 1.29 is 23.8 Å². The first kappa shape index (κ1) is 23.7. The lowest BCUT2D eigenvalue weighted by atomic mass is 10.1. The third-order valence-corrected chi connectivity index (χ3v) is 5.09. The minimum atomic E-state index is -0.763. The van der Waals surface area contributed by atoms with E-state index >= 15 is 0 Å². The number of ether oxygens (including phenoxy) is 1. The van der Waals surface area contributed by atoms with Crippen molar-refractivity contribution in [3.05, 3.63) is 69.4 Å². The van der Waals surface area contributed by atoms with Crippen LogP contribution in [0.5, 0.6) is 5.75 Å². The number of carbonyl (C=O) groups excluding carboxylic acids is 2. The molecule has 33 heavy (non-hydrogen) atoms. The SMILES string of the molecule is CNC(=O)c1c(O)c2ncc(Cc3ccc(F)cc3)cc2n(CCN(C)C(=O)OCN)c1=O. The van der Waals surface area contributed by atoms with Crippen molar-refractivity contribution in [1.29, 1.82) is 0 Å². The van der Waals surface area contributed by atoms with Crippen LogP contribution in [0, 0.1) is 5.82 Å². The molecule has 0 aliphatic carbocycles. The van der Waals surface area contributed by atoms with E-state index in [0.29, 0.717) is 12.0 Å². The number of hydrogen-bond donors (Lipinski definition) is 3. The van der Waals surface area contributed by atoms with Crippen LogP contribution in [0.4, 0.5) is 9.18 Å². The van der Waals surface area contributed by atoms with Gasteiger partial charge in [-0.15, -0.1) is 0 Å². The van der Waals surface area contributed by atoms with Crippen molar-refractivity contribution in [2.75, 3.05) is 27.4 Å². The van der Waals surface area contributed by atoms with E-state index in [9.17, 15) is 23.9 Å². The molecule has 11 heteroatoms. The van der Waals surface area contributed by atoms with Crippen LogP contribution in [0.3, 0.4) is 0 Å². The van der Waals surface area contributed by atoms with Gasteiger partial charge in [-0.1, -0.05) is 12.1 Å². The molecular formula is C22H24FN5O5. The summed E-state index contributed by atoms with van der Waals surface area (Å²) in [7, 11) is 2.81. The summed E-state index contributed by atoms with van der Waals surface area (Å²) in [4.78, 5) is 42.8. The molecule has 0 aliphatic heterocycles. The van der Waals surface area contributed by atoms with E-state index in [4.69, 9.17) is 10.5 Å². The highest BCUT2D eigenvalue weighted by Gasteiger charge is 2.23. The van der Waals surface area contributed by atoms with Gasteiger partial charge in [-0.05, 0) is 35.7 Å². The van der Waals surface area contributed by atoms with E-state index < -0.39 is 28.9 Å². The standard InChI is InChI=1S/C22H24FN5O5/c1-25-20(30)17-19(29)18-16(28(21(17)31)8-7-27(2)22(32)33-12-24)10-14(11-26-18)9-13-3-5-15(23)6-4-13/h3-6,10-11,29H,7-9,12,24H2,1-2H3,(H,25,30). The highest BCUT2D eigenvalue weighted by molar-refractivity contribution is 6.01. The Morgan fingerprint density at radius 3 is 2.61 bits per heavy atom.